The monoisotopic (exact) mass is 510 g/mol. The Labute approximate surface area is 176 Å². The van der Waals surface area contributed by atoms with Crippen molar-refractivity contribution in [2.24, 2.45) is 0 Å². The predicted octanol–water partition coefficient (Wildman–Crippen LogP) is 4.16. The van der Waals surface area contributed by atoms with Crippen molar-refractivity contribution in [1.82, 2.24) is 4.90 Å². The van der Waals surface area contributed by atoms with E-state index >= 15 is 0 Å². The number of rotatable bonds is 4. The number of nitrogens with zero attached hydrogens (tertiary/aromatic N) is 2. The van der Waals surface area contributed by atoms with Gasteiger partial charge < -0.3 is 9.47 Å². The van der Waals surface area contributed by atoms with Gasteiger partial charge in [0.2, 0.25) is 6.79 Å². The molecule has 0 saturated carbocycles. The van der Waals surface area contributed by atoms with Gasteiger partial charge in [0.15, 0.2) is 11.5 Å². The smallest absolute Gasteiger partial charge is 0.293 e. The molecule has 0 N–H and O–H groups in total. The van der Waals surface area contributed by atoms with Crippen LogP contribution in [0, 0.1) is 13.7 Å². The van der Waals surface area contributed by atoms with Crippen LogP contribution in [-0.2, 0) is 11.3 Å². The Balaban J connectivity index is 1.64. The van der Waals surface area contributed by atoms with E-state index in [4.69, 9.17) is 9.47 Å². The summed E-state index contributed by atoms with van der Waals surface area (Å²) in [5.74, 6) is 0.145. The number of thioether (sulfide) groups is 1. The quantitative estimate of drug-likeness (QED) is 0.264. The summed E-state index contributed by atoms with van der Waals surface area (Å²) in [6, 6.07) is 10.2. The highest BCUT2D eigenvalue weighted by atomic mass is 127. The second kappa shape index (κ2) is 7.43. The summed E-state index contributed by atoms with van der Waals surface area (Å²) in [7, 11) is 0. The van der Waals surface area contributed by atoms with Gasteiger partial charge in [0.25, 0.3) is 16.8 Å². The molecule has 1 saturated heterocycles. The van der Waals surface area contributed by atoms with Crippen molar-refractivity contribution in [2.45, 2.75) is 6.54 Å². The van der Waals surface area contributed by atoms with Gasteiger partial charge in [0, 0.05) is 3.57 Å². The van der Waals surface area contributed by atoms with Crippen LogP contribution in [0.2, 0.25) is 0 Å². The van der Waals surface area contributed by atoms with Crippen LogP contribution in [0.4, 0.5) is 10.5 Å². The Morgan fingerprint density at radius 3 is 2.54 bits per heavy atom. The predicted molar refractivity (Wildman–Crippen MR) is 110 cm³/mol. The fourth-order valence-corrected chi connectivity index (χ4v) is 3.96. The third-order valence-corrected chi connectivity index (χ3v) is 5.76. The largest absolute Gasteiger partial charge is 0.454 e. The summed E-state index contributed by atoms with van der Waals surface area (Å²) < 4.78 is 11.5. The number of amides is 2. The second-order valence-electron chi connectivity index (χ2n) is 5.92. The molecule has 2 aromatic carbocycles. The van der Waals surface area contributed by atoms with Crippen molar-refractivity contribution >= 4 is 57.3 Å². The third-order valence-electron chi connectivity index (χ3n) is 4.13. The molecule has 8 nitrogen and oxygen atoms in total. The van der Waals surface area contributed by atoms with Gasteiger partial charge in [-0.15, -0.1) is 0 Å². The van der Waals surface area contributed by atoms with Crippen molar-refractivity contribution in [3.63, 3.8) is 0 Å². The molecule has 0 atom stereocenters. The van der Waals surface area contributed by atoms with Gasteiger partial charge in [0.1, 0.15) is 0 Å². The van der Waals surface area contributed by atoms with Gasteiger partial charge in [-0.25, -0.2) is 0 Å². The lowest BCUT2D eigenvalue weighted by Gasteiger charge is -2.12. The SMILES string of the molecule is O=C1S/C(=C\c2cc3c(cc2[N+](=O)[O-])OCO3)C(=O)N1Cc1ccc(I)cc1. The fraction of sp³-hybridized carbons (Fsp3) is 0.111. The Bertz CT molecular complexity index is 1040. The lowest BCUT2D eigenvalue weighted by atomic mass is 10.1. The van der Waals surface area contributed by atoms with E-state index in [1.54, 1.807) is 0 Å². The molecule has 2 aliphatic heterocycles. The topological polar surface area (TPSA) is 99.0 Å². The number of hydrogen-bond donors (Lipinski definition) is 0. The summed E-state index contributed by atoms with van der Waals surface area (Å²) in [5.41, 5.74) is 0.765. The molecule has 0 unspecified atom stereocenters. The molecule has 10 heteroatoms. The first-order chi connectivity index (χ1) is 13.4. The number of ether oxygens (including phenoxy) is 2. The van der Waals surface area contributed by atoms with Crippen LogP contribution in [0.3, 0.4) is 0 Å². The standard InChI is InChI=1S/C18H11IN2O6S/c19-12-3-1-10(2-4-12)8-20-17(22)16(28-18(20)23)6-11-5-14-15(27-9-26-14)7-13(11)21(24)25/h1-7H,8-9H2/b16-6-. The van der Waals surface area contributed by atoms with Crippen LogP contribution in [0.5, 0.6) is 11.5 Å². The number of halogens is 1. The first-order valence-corrected chi connectivity index (χ1v) is 9.90. The number of imide groups is 1. The number of nitro benzene ring substituents is 1. The highest BCUT2D eigenvalue weighted by Crippen LogP contribution is 2.41. The van der Waals surface area contributed by atoms with Crippen LogP contribution >= 0.6 is 34.4 Å². The number of fused-ring (bicyclic) bond motifs is 1. The van der Waals surface area contributed by atoms with Crippen LogP contribution < -0.4 is 9.47 Å². The normalized spacial score (nSPS) is 16.9. The van der Waals surface area contributed by atoms with E-state index in [1.807, 2.05) is 24.3 Å². The lowest BCUT2D eigenvalue weighted by Crippen LogP contribution is -2.27. The number of hydrogen-bond acceptors (Lipinski definition) is 7. The zero-order valence-corrected chi connectivity index (χ0v) is 17.1. The molecule has 2 amide bonds. The van der Waals surface area contributed by atoms with Crippen molar-refractivity contribution < 1.29 is 24.0 Å². The first kappa shape index (κ1) is 18.7. The molecular weight excluding hydrogens is 499 g/mol. The average Bonchev–Trinajstić information content (AvgIpc) is 3.22. The van der Waals surface area contributed by atoms with Crippen LogP contribution in [-0.4, -0.2) is 27.8 Å². The third kappa shape index (κ3) is 3.56. The van der Waals surface area contributed by atoms with Crippen molar-refractivity contribution in [3.8, 4) is 11.5 Å². The summed E-state index contributed by atoms with van der Waals surface area (Å²) in [6.07, 6.45) is 1.35. The van der Waals surface area contributed by atoms with E-state index in [9.17, 15) is 19.7 Å². The molecule has 1 fully saturated rings. The molecule has 0 radical (unpaired) electrons. The average molecular weight is 510 g/mol. The van der Waals surface area contributed by atoms with Crippen LogP contribution in [0.15, 0.2) is 41.3 Å². The van der Waals surface area contributed by atoms with Gasteiger partial charge in [-0.05, 0) is 64.2 Å². The molecule has 0 bridgehead atoms. The van der Waals surface area contributed by atoms with Crippen molar-refractivity contribution in [1.29, 1.82) is 0 Å². The highest BCUT2D eigenvalue weighted by Gasteiger charge is 2.36. The van der Waals surface area contributed by atoms with Crippen molar-refractivity contribution in [2.75, 3.05) is 6.79 Å². The molecule has 0 aromatic heterocycles. The minimum absolute atomic E-state index is 0.0253. The van der Waals surface area contributed by atoms with Crippen molar-refractivity contribution in [3.05, 3.63) is 66.1 Å². The summed E-state index contributed by atoms with van der Waals surface area (Å²) in [6.45, 7) is 0.116. The van der Waals surface area contributed by atoms with E-state index in [0.717, 1.165) is 25.8 Å². The van der Waals surface area contributed by atoms with Crippen LogP contribution in [0.25, 0.3) is 6.08 Å². The highest BCUT2D eigenvalue weighted by molar-refractivity contribution is 14.1. The first-order valence-electron chi connectivity index (χ1n) is 8.00. The van der Waals surface area contributed by atoms with E-state index < -0.39 is 16.1 Å². The van der Waals surface area contributed by atoms with E-state index in [2.05, 4.69) is 22.6 Å². The molecule has 2 heterocycles. The zero-order chi connectivity index (χ0) is 19.8. The number of carbonyl (C=O) groups is 2. The summed E-state index contributed by atoms with van der Waals surface area (Å²) in [4.78, 5) is 37.1. The maximum Gasteiger partial charge on any atom is 0.293 e. The van der Waals surface area contributed by atoms with Gasteiger partial charge in [-0.3, -0.25) is 24.6 Å². The van der Waals surface area contributed by atoms with Gasteiger partial charge in [0.05, 0.1) is 28.0 Å². The van der Waals surface area contributed by atoms with Gasteiger partial charge in [-0.1, -0.05) is 12.1 Å². The second-order valence-corrected chi connectivity index (χ2v) is 8.15. The lowest BCUT2D eigenvalue weighted by molar-refractivity contribution is -0.385. The number of benzene rings is 2. The minimum atomic E-state index is -0.566. The molecular formula is C18H11IN2O6S. The van der Waals surface area contributed by atoms with Gasteiger partial charge >= 0.3 is 0 Å². The summed E-state index contributed by atoms with van der Waals surface area (Å²) in [5, 5.41) is 11.0. The fourth-order valence-electron chi connectivity index (χ4n) is 2.77. The van der Waals surface area contributed by atoms with E-state index in [1.165, 1.54) is 18.2 Å². The van der Waals surface area contributed by atoms with Crippen LogP contribution in [0.1, 0.15) is 11.1 Å². The molecule has 2 aliphatic rings. The molecule has 142 valence electrons. The summed E-state index contributed by atoms with van der Waals surface area (Å²) >= 11 is 2.93. The molecule has 4 rings (SSSR count). The maximum atomic E-state index is 12.7. The molecule has 0 spiro atoms. The van der Waals surface area contributed by atoms with Gasteiger partial charge in [-0.2, -0.15) is 0 Å². The molecule has 2 aromatic rings. The Morgan fingerprint density at radius 1 is 1.18 bits per heavy atom. The maximum absolute atomic E-state index is 12.7. The van der Waals surface area contributed by atoms with E-state index in [0.29, 0.717) is 5.75 Å². The Hall–Kier alpha value is -2.60. The number of carbonyl (C=O) groups excluding carboxylic acids is 2. The number of nitro groups is 1. The molecule has 0 aliphatic carbocycles. The van der Waals surface area contributed by atoms with E-state index in [-0.39, 0.29) is 35.2 Å². The minimum Gasteiger partial charge on any atom is -0.454 e. The Morgan fingerprint density at radius 2 is 1.86 bits per heavy atom. The molecule has 28 heavy (non-hydrogen) atoms. The zero-order valence-electron chi connectivity index (χ0n) is 14.1. The Kier molecular flexibility index (Phi) is 4.98.